The molecule has 0 fully saturated rings. The highest BCUT2D eigenvalue weighted by atomic mass is 32.1. The Bertz CT molecular complexity index is 803. The molecule has 0 saturated heterocycles. The zero-order valence-corrected chi connectivity index (χ0v) is 19.1. The van der Waals surface area contributed by atoms with Gasteiger partial charge in [0.1, 0.15) is 5.69 Å². The number of amidine groups is 2. The van der Waals surface area contributed by atoms with Crippen LogP contribution in [0, 0.1) is 5.41 Å². The monoisotopic (exact) mass is 412 g/mol. The van der Waals surface area contributed by atoms with E-state index in [-0.39, 0.29) is 5.84 Å². The van der Waals surface area contributed by atoms with Crippen LogP contribution < -0.4 is 5.73 Å². The summed E-state index contributed by atoms with van der Waals surface area (Å²) in [4.78, 5) is 11.2. The minimum atomic E-state index is 0.118. The highest BCUT2D eigenvalue weighted by Crippen LogP contribution is 2.35. The first-order valence-electron chi connectivity index (χ1n) is 11.0. The quantitative estimate of drug-likeness (QED) is 0.229. The van der Waals surface area contributed by atoms with E-state index in [1.807, 2.05) is 17.4 Å². The summed E-state index contributed by atoms with van der Waals surface area (Å²) in [5.41, 5.74) is 8.79. The molecule has 0 aromatic carbocycles. The van der Waals surface area contributed by atoms with Crippen molar-refractivity contribution in [2.75, 3.05) is 0 Å². The van der Waals surface area contributed by atoms with Crippen molar-refractivity contribution in [1.29, 1.82) is 5.41 Å². The molecule has 3 N–H and O–H groups in total. The molecular weight excluding hydrogens is 376 g/mol. The Hall–Kier alpha value is -2.01. The molecule has 4 nitrogen and oxygen atoms in total. The summed E-state index contributed by atoms with van der Waals surface area (Å²) in [7, 11) is 0. The molecule has 0 saturated carbocycles. The molecule has 2 aromatic heterocycles. The predicted molar refractivity (Wildman–Crippen MR) is 127 cm³/mol. The van der Waals surface area contributed by atoms with Crippen molar-refractivity contribution in [3.05, 3.63) is 40.5 Å². The lowest BCUT2D eigenvalue weighted by Crippen LogP contribution is -2.10. The van der Waals surface area contributed by atoms with Gasteiger partial charge in [-0.2, -0.15) is 0 Å². The first kappa shape index (κ1) is 23.3. The number of aryl methyl sites for hydroxylation is 2. The van der Waals surface area contributed by atoms with Crippen LogP contribution in [0.15, 0.2) is 29.4 Å². The molecule has 0 atom stereocenters. The van der Waals surface area contributed by atoms with Gasteiger partial charge in [-0.15, -0.1) is 11.3 Å². The number of unbranched alkanes of at least 4 members (excludes halogenated alkanes) is 6. The molecule has 0 unspecified atom stereocenters. The van der Waals surface area contributed by atoms with Gasteiger partial charge in [-0.05, 0) is 61.9 Å². The van der Waals surface area contributed by atoms with Crippen molar-refractivity contribution in [2.24, 2.45) is 10.7 Å². The molecule has 2 heterocycles. The van der Waals surface area contributed by atoms with Crippen LogP contribution in [0.2, 0.25) is 0 Å². The van der Waals surface area contributed by atoms with Crippen molar-refractivity contribution in [3.63, 3.8) is 0 Å². The predicted octanol–water partition coefficient (Wildman–Crippen LogP) is 6.76. The molecule has 5 heteroatoms. The van der Waals surface area contributed by atoms with E-state index in [0.29, 0.717) is 11.5 Å². The molecule has 0 spiro atoms. The molecule has 29 heavy (non-hydrogen) atoms. The summed E-state index contributed by atoms with van der Waals surface area (Å²) in [5.74, 6) is 0.497. The molecule has 0 radical (unpaired) electrons. The molecule has 0 aliphatic heterocycles. The molecule has 158 valence electrons. The van der Waals surface area contributed by atoms with E-state index in [1.165, 1.54) is 66.7 Å². The van der Waals surface area contributed by atoms with Crippen LogP contribution in [0.3, 0.4) is 0 Å². The number of aliphatic imine (C=N–C) groups is 1. The number of nitrogens with one attached hydrogen (secondary N) is 1. The Morgan fingerprint density at radius 2 is 1.72 bits per heavy atom. The number of thiophene rings is 1. The van der Waals surface area contributed by atoms with E-state index in [2.05, 4.69) is 36.0 Å². The molecule has 0 amide bonds. The molecule has 0 bridgehead atoms. The van der Waals surface area contributed by atoms with E-state index < -0.39 is 0 Å². The summed E-state index contributed by atoms with van der Waals surface area (Å²) in [6, 6.07) is 6.46. The lowest BCUT2D eigenvalue weighted by Gasteiger charge is -2.06. The number of nitrogens with zero attached hydrogens (tertiary/aromatic N) is 2. The SMILES string of the molecule is CCCCCCc1cc(CCCCCC)c(-c2ccnc(C(=N)N=C(C)N)c2)s1. The van der Waals surface area contributed by atoms with Gasteiger partial charge in [-0.3, -0.25) is 10.4 Å². The van der Waals surface area contributed by atoms with Crippen molar-refractivity contribution in [3.8, 4) is 10.4 Å². The van der Waals surface area contributed by atoms with Crippen LogP contribution in [0.25, 0.3) is 10.4 Å². The van der Waals surface area contributed by atoms with Gasteiger partial charge in [0.25, 0.3) is 0 Å². The first-order chi connectivity index (χ1) is 14.0. The Morgan fingerprint density at radius 1 is 1.03 bits per heavy atom. The lowest BCUT2D eigenvalue weighted by molar-refractivity contribution is 0.665. The zero-order valence-electron chi connectivity index (χ0n) is 18.3. The molecular formula is C24H36N4S. The summed E-state index contributed by atoms with van der Waals surface area (Å²) >= 11 is 1.91. The van der Waals surface area contributed by atoms with E-state index in [1.54, 1.807) is 13.1 Å². The fourth-order valence-corrected chi connectivity index (χ4v) is 4.69. The van der Waals surface area contributed by atoms with Crippen molar-refractivity contribution in [2.45, 2.75) is 85.0 Å². The summed E-state index contributed by atoms with van der Waals surface area (Å²) < 4.78 is 0. The maximum absolute atomic E-state index is 8.14. The van der Waals surface area contributed by atoms with Gasteiger partial charge in [0, 0.05) is 16.0 Å². The van der Waals surface area contributed by atoms with Crippen LogP contribution in [-0.4, -0.2) is 16.7 Å². The maximum Gasteiger partial charge on any atom is 0.172 e. The normalized spacial score (nSPS) is 11.8. The molecule has 0 aliphatic carbocycles. The number of pyridine rings is 1. The third-order valence-corrected chi connectivity index (χ3v) is 6.28. The zero-order chi connectivity index (χ0) is 21.1. The van der Waals surface area contributed by atoms with Crippen LogP contribution in [0.5, 0.6) is 0 Å². The van der Waals surface area contributed by atoms with Gasteiger partial charge < -0.3 is 5.73 Å². The summed E-state index contributed by atoms with van der Waals surface area (Å²) in [5, 5.41) is 8.14. The number of aromatic nitrogens is 1. The highest BCUT2D eigenvalue weighted by molar-refractivity contribution is 7.15. The standard InChI is InChI=1S/C24H36N4S/c1-4-6-8-10-12-19-16-21(13-11-9-7-5-2)29-23(19)20-14-15-27-22(17-20)24(26)28-18(3)25/h14-17H,4-13H2,1-3H3,(H3,25,26,28). The van der Waals surface area contributed by atoms with Crippen molar-refractivity contribution >= 4 is 23.0 Å². The average Bonchev–Trinajstić information content (AvgIpc) is 3.11. The average molecular weight is 413 g/mol. The second-order valence-corrected chi connectivity index (χ2v) is 8.86. The second kappa shape index (κ2) is 12.5. The van der Waals surface area contributed by atoms with E-state index >= 15 is 0 Å². The maximum atomic E-state index is 8.14. The number of nitrogens with two attached hydrogens (primary N) is 1. The largest absolute Gasteiger partial charge is 0.387 e. The third kappa shape index (κ3) is 7.73. The number of hydrogen-bond acceptors (Lipinski definition) is 3. The molecule has 2 rings (SSSR count). The Morgan fingerprint density at radius 3 is 2.38 bits per heavy atom. The van der Waals surface area contributed by atoms with Crippen LogP contribution in [0.1, 0.15) is 88.3 Å². The van der Waals surface area contributed by atoms with Gasteiger partial charge in [-0.25, -0.2) is 4.99 Å². The second-order valence-electron chi connectivity index (χ2n) is 7.72. The minimum Gasteiger partial charge on any atom is -0.387 e. The molecule has 0 aliphatic rings. The fraction of sp³-hybridized carbons (Fsp3) is 0.542. The van der Waals surface area contributed by atoms with Gasteiger partial charge >= 0.3 is 0 Å². The fourth-order valence-electron chi connectivity index (χ4n) is 3.44. The van der Waals surface area contributed by atoms with E-state index in [4.69, 9.17) is 11.1 Å². The Balaban J connectivity index is 2.24. The Kier molecular flexibility index (Phi) is 10.1. The minimum absolute atomic E-state index is 0.118. The number of rotatable bonds is 12. The first-order valence-corrected chi connectivity index (χ1v) is 11.8. The smallest absolute Gasteiger partial charge is 0.172 e. The van der Waals surface area contributed by atoms with Gasteiger partial charge in [0.05, 0.1) is 5.84 Å². The van der Waals surface area contributed by atoms with Gasteiger partial charge in [-0.1, -0.05) is 52.4 Å². The van der Waals surface area contributed by atoms with Gasteiger partial charge in [0.2, 0.25) is 0 Å². The summed E-state index contributed by atoms with van der Waals surface area (Å²) in [6.07, 6.45) is 14.3. The van der Waals surface area contributed by atoms with Gasteiger partial charge in [0.15, 0.2) is 5.84 Å². The number of hydrogen-bond donors (Lipinski definition) is 2. The van der Waals surface area contributed by atoms with Crippen molar-refractivity contribution < 1.29 is 0 Å². The molecule has 2 aromatic rings. The Labute approximate surface area is 180 Å². The topological polar surface area (TPSA) is 75.1 Å². The summed E-state index contributed by atoms with van der Waals surface area (Å²) in [6.45, 7) is 6.20. The highest BCUT2D eigenvalue weighted by Gasteiger charge is 2.13. The van der Waals surface area contributed by atoms with Crippen LogP contribution in [0.4, 0.5) is 0 Å². The van der Waals surface area contributed by atoms with E-state index in [9.17, 15) is 0 Å². The van der Waals surface area contributed by atoms with Crippen LogP contribution in [-0.2, 0) is 12.8 Å². The van der Waals surface area contributed by atoms with Crippen molar-refractivity contribution in [1.82, 2.24) is 4.98 Å². The third-order valence-electron chi connectivity index (χ3n) is 4.99. The van der Waals surface area contributed by atoms with Crippen LogP contribution >= 0.6 is 11.3 Å². The van der Waals surface area contributed by atoms with E-state index in [0.717, 1.165) is 18.4 Å². The lowest BCUT2D eigenvalue weighted by atomic mass is 10.0.